The van der Waals surface area contributed by atoms with Gasteiger partial charge in [0.2, 0.25) is 0 Å². The molecule has 11 nitrogen and oxygen atoms in total. The lowest BCUT2D eigenvalue weighted by Crippen LogP contribution is -2.34. The number of hydrazone groups is 1. The second-order valence-corrected chi connectivity index (χ2v) is 7.98. The zero-order valence-electron chi connectivity index (χ0n) is 17.5. The molecule has 1 unspecified atom stereocenters. The third kappa shape index (κ3) is 4.20. The van der Waals surface area contributed by atoms with Crippen molar-refractivity contribution in [2.24, 2.45) is 10.1 Å². The van der Waals surface area contributed by atoms with Crippen molar-refractivity contribution in [1.29, 1.82) is 0 Å². The fourth-order valence-electron chi connectivity index (χ4n) is 3.48. The van der Waals surface area contributed by atoms with Crippen LogP contribution in [0.3, 0.4) is 0 Å². The number of nitro groups is 2. The molecule has 0 amide bonds. The maximum absolute atomic E-state index is 12.8. The Bertz CT molecular complexity index is 1250. The van der Waals surface area contributed by atoms with E-state index in [9.17, 15) is 25.0 Å². The number of carbonyl (C=O) groups excluding carboxylic acids is 1. The van der Waals surface area contributed by atoms with Crippen LogP contribution >= 0.6 is 11.8 Å². The number of nitrogens with zero attached hydrogens (tertiary/aromatic N) is 5. The van der Waals surface area contributed by atoms with Crippen molar-refractivity contribution in [2.45, 2.75) is 19.9 Å². The Hall–Kier alpha value is -4.06. The van der Waals surface area contributed by atoms with Crippen LogP contribution in [0.2, 0.25) is 0 Å². The third-order valence-corrected chi connectivity index (χ3v) is 5.94. The van der Waals surface area contributed by atoms with Crippen molar-refractivity contribution < 1.29 is 19.4 Å². The van der Waals surface area contributed by atoms with E-state index in [2.05, 4.69) is 10.1 Å². The first-order valence-corrected chi connectivity index (χ1v) is 10.6. The fraction of sp³-hybridized carbons (Fsp3) is 0.190. The maximum atomic E-state index is 12.8. The highest BCUT2D eigenvalue weighted by molar-refractivity contribution is 8.27. The SMILES string of the molecule is CCOC(=O)C1=C(C)N=C2SC(c3cccc([N+](=O)[O-])c3)=NN2C1c1ccc([N+](=O)[O-])cc1. The summed E-state index contributed by atoms with van der Waals surface area (Å²) in [6, 6.07) is 11.2. The summed E-state index contributed by atoms with van der Waals surface area (Å²) in [5, 5.41) is 29.3. The molecular weight excluding hydrogens is 450 g/mol. The van der Waals surface area contributed by atoms with Crippen molar-refractivity contribution in [2.75, 3.05) is 6.61 Å². The molecule has 2 aliphatic rings. The van der Waals surface area contributed by atoms with Gasteiger partial charge in [-0.3, -0.25) is 20.2 Å². The predicted molar refractivity (Wildman–Crippen MR) is 122 cm³/mol. The summed E-state index contributed by atoms with van der Waals surface area (Å²) in [6.07, 6.45) is 0. The zero-order chi connectivity index (χ0) is 23.7. The summed E-state index contributed by atoms with van der Waals surface area (Å²) in [7, 11) is 0. The standard InChI is InChI=1S/C21H17N5O6S/c1-3-32-20(27)17-12(2)22-21-24(18(17)13-7-9-15(10-8-13)25(28)29)23-19(33-21)14-5-4-6-16(11-14)26(30)31/h4-11,18H,3H2,1-2H3. The lowest BCUT2D eigenvalue weighted by Gasteiger charge is -2.31. The van der Waals surface area contributed by atoms with Gasteiger partial charge in [0.15, 0.2) is 5.17 Å². The Kier molecular flexibility index (Phi) is 5.92. The average molecular weight is 467 g/mol. The minimum Gasteiger partial charge on any atom is -0.463 e. The molecule has 2 aromatic rings. The summed E-state index contributed by atoms with van der Waals surface area (Å²) in [5.41, 5.74) is 1.66. The lowest BCUT2D eigenvalue weighted by atomic mass is 9.95. The van der Waals surface area contributed by atoms with Crippen molar-refractivity contribution in [3.63, 3.8) is 0 Å². The Labute approximate surface area is 191 Å². The number of non-ortho nitro benzene ring substituents is 2. The van der Waals surface area contributed by atoms with Gasteiger partial charge < -0.3 is 4.74 Å². The molecule has 2 aliphatic heterocycles. The Morgan fingerprint density at radius 1 is 1.12 bits per heavy atom. The number of benzene rings is 2. The van der Waals surface area contributed by atoms with Gasteiger partial charge >= 0.3 is 5.97 Å². The number of esters is 1. The van der Waals surface area contributed by atoms with Crippen molar-refractivity contribution in [3.8, 4) is 0 Å². The van der Waals surface area contributed by atoms with Gasteiger partial charge in [0.25, 0.3) is 11.4 Å². The van der Waals surface area contributed by atoms with Crippen LogP contribution in [0.25, 0.3) is 0 Å². The van der Waals surface area contributed by atoms with E-state index >= 15 is 0 Å². The first kappa shape index (κ1) is 22.1. The van der Waals surface area contributed by atoms with Crippen LogP contribution in [0.4, 0.5) is 11.4 Å². The topological polar surface area (TPSA) is 141 Å². The lowest BCUT2D eigenvalue weighted by molar-refractivity contribution is -0.385. The monoisotopic (exact) mass is 467 g/mol. The summed E-state index contributed by atoms with van der Waals surface area (Å²) in [6.45, 7) is 3.54. The van der Waals surface area contributed by atoms with Gasteiger partial charge in [-0.05, 0) is 43.3 Å². The number of carbonyl (C=O) groups is 1. The largest absolute Gasteiger partial charge is 0.463 e. The number of amidine groups is 1. The molecule has 168 valence electrons. The number of aliphatic imine (C=N–C) groups is 1. The second kappa shape index (κ2) is 8.82. The Morgan fingerprint density at radius 2 is 1.82 bits per heavy atom. The van der Waals surface area contributed by atoms with Gasteiger partial charge in [0, 0.05) is 29.8 Å². The summed E-state index contributed by atoms with van der Waals surface area (Å²) < 4.78 is 5.24. The number of allylic oxidation sites excluding steroid dienone is 1. The zero-order valence-corrected chi connectivity index (χ0v) is 18.3. The Balaban J connectivity index is 1.80. The maximum Gasteiger partial charge on any atom is 0.338 e. The Morgan fingerprint density at radius 3 is 2.45 bits per heavy atom. The number of hydrogen-bond acceptors (Lipinski definition) is 10. The van der Waals surface area contributed by atoms with Gasteiger partial charge in [-0.2, -0.15) is 5.10 Å². The molecule has 0 aliphatic carbocycles. The minimum absolute atomic E-state index is 0.0731. The molecule has 0 radical (unpaired) electrons. The van der Waals surface area contributed by atoms with Crippen LogP contribution in [-0.2, 0) is 9.53 Å². The molecule has 0 fully saturated rings. The van der Waals surface area contributed by atoms with E-state index in [1.165, 1.54) is 36.0 Å². The smallest absolute Gasteiger partial charge is 0.338 e. The highest BCUT2D eigenvalue weighted by Gasteiger charge is 2.41. The van der Waals surface area contributed by atoms with E-state index < -0.39 is 21.9 Å². The van der Waals surface area contributed by atoms with Crippen LogP contribution in [0.15, 0.2) is 69.9 Å². The highest BCUT2D eigenvalue weighted by atomic mass is 32.2. The van der Waals surface area contributed by atoms with Gasteiger partial charge in [0.05, 0.1) is 27.7 Å². The molecular formula is C21H17N5O6S. The van der Waals surface area contributed by atoms with Gasteiger partial charge in [0.1, 0.15) is 11.1 Å². The van der Waals surface area contributed by atoms with E-state index in [0.29, 0.717) is 27.0 Å². The van der Waals surface area contributed by atoms with Crippen LogP contribution in [-0.4, -0.2) is 37.6 Å². The van der Waals surface area contributed by atoms with Crippen LogP contribution in [0.1, 0.15) is 31.0 Å². The van der Waals surface area contributed by atoms with E-state index in [4.69, 9.17) is 4.74 Å². The number of hydrogen-bond donors (Lipinski definition) is 0. The van der Waals surface area contributed by atoms with E-state index in [1.54, 1.807) is 43.1 Å². The van der Waals surface area contributed by atoms with Crippen molar-refractivity contribution >= 4 is 39.3 Å². The molecule has 0 aromatic heterocycles. The van der Waals surface area contributed by atoms with Gasteiger partial charge in [-0.25, -0.2) is 14.8 Å². The molecule has 1 atom stereocenters. The quantitative estimate of drug-likeness (QED) is 0.350. The first-order chi connectivity index (χ1) is 15.8. The molecule has 0 saturated carbocycles. The first-order valence-electron chi connectivity index (χ1n) is 9.81. The highest BCUT2D eigenvalue weighted by Crippen LogP contribution is 2.42. The van der Waals surface area contributed by atoms with Crippen LogP contribution in [0.5, 0.6) is 0 Å². The van der Waals surface area contributed by atoms with E-state index in [-0.39, 0.29) is 23.6 Å². The van der Waals surface area contributed by atoms with E-state index in [0.717, 1.165) is 0 Å². The molecule has 0 spiro atoms. The number of fused-ring (bicyclic) bond motifs is 1. The molecule has 2 aromatic carbocycles. The number of rotatable bonds is 6. The van der Waals surface area contributed by atoms with Crippen LogP contribution < -0.4 is 0 Å². The normalized spacial score (nSPS) is 17.3. The average Bonchev–Trinajstić information content (AvgIpc) is 3.22. The number of thioether (sulfide) groups is 1. The van der Waals surface area contributed by atoms with Gasteiger partial charge in [-0.15, -0.1) is 0 Å². The number of nitro benzene ring substituents is 2. The molecule has 12 heteroatoms. The fourth-order valence-corrected chi connectivity index (χ4v) is 4.45. The molecule has 33 heavy (non-hydrogen) atoms. The van der Waals surface area contributed by atoms with Gasteiger partial charge in [-0.1, -0.05) is 12.1 Å². The predicted octanol–water partition coefficient (Wildman–Crippen LogP) is 4.16. The molecule has 2 heterocycles. The second-order valence-electron chi connectivity index (χ2n) is 7.02. The van der Waals surface area contributed by atoms with Crippen molar-refractivity contribution in [3.05, 3.63) is 91.2 Å². The summed E-state index contributed by atoms with van der Waals surface area (Å²) in [4.78, 5) is 38.6. The minimum atomic E-state index is -0.735. The van der Waals surface area contributed by atoms with Crippen LogP contribution in [0, 0.1) is 20.2 Å². The van der Waals surface area contributed by atoms with Crippen molar-refractivity contribution in [1.82, 2.24) is 5.01 Å². The third-order valence-electron chi connectivity index (χ3n) is 4.97. The molecule has 0 N–H and O–H groups in total. The van der Waals surface area contributed by atoms with E-state index in [1.807, 2.05) is 0 Å². The summed E-state index contributed by atoms with van der Waals surface area (Å²) in [5.74, 6) is -0.565. The molecule has 4 rings (SSSR count). The summed E-state index contributed by atoms with van der Waals surface area (Å²) >= 11 is 1.21. The molecule has 0 bridgehead atoms. The number of ether oxygens (including phenoxy) is 1. The molecule has 0 saturated heterocycles.